The summed E-state index contributed by atoms with van der Waals surface area (Å²) in [5.41, 5.74) is 0.959. The van der Waals surface area contributed by atoms with E-state index in [0.29, 0.717) is 11.1 Å². The Morgan fingerprint density at radius 1 is 1.24 bits per heavy atom. The fraction of sp³-hybridized carbons (Fsp3) is 0.0714. The predicted molar refractivity (Wildman–Crippen MR) is 63.1 cm³/mol. The molecule has 0 aromatic heterocycles. The van der Waals surface area contributed by atoms with Crippen molar-refractivity contribution in [3.8, 4) is 11.5 Å². The normalized spacial score (nSPS) is 9.94. The molecule has 1 radical (unpaired) electrons. The molecule has 0 spiro atoms. The van der Waals surface area contributed by atoms with Gasteiger partial charge in [0.1, 0.15) is 11.5 Å². The van der Waals surface area contributed by atoms with Gasteiger partial charge in [0, 0.05) is 11.6 Å². The van der Waals surface area contributed by atoms with E-state index in [1.807, 2.05) is 6.07 Å². The van der Waals surface area contributed by atoms with Crippen molar-refractivity contribution in [1.82, 2.24) is 0 Å². The Morgan fingerprint density at radius 2 is 1.94 bits per heavy atom. The molecule has 0 fully saturated rings. The highest BCUT2D eigenvalue weighted by molar-refractivity contribution is 5.91. The molecule has 0 aliphatic heterocycles. The maximum Gasteiger partial charge on any atom is 0.343 e. The molecule has 1 N–H and O–H groups in total. The van der Waals surface area contributed by atoms with Crippen LogP contribution in [0.25, 0.3) is 0 Å². The molecule has 0 atom stereocenters. The molecule has 17 heavy (non-hydrogen) atoms. The summed E-state index contributed by atoms with van der Waals surface area (Å²) in [4.78, 5) is 11.8. The lowest BCUT2D eigenvalue weighted by Gasteiger charge is -2.07. The Labute approximate surface area is 99.3 Å². The Bertz CT molecular complexity index is 532. The fourth-order valence-corrected chi connectivity index (χ4v) is 1.38. The molecule has 2 aromatic rings. The first-order valence-electron chi connectivity index (χ1n) is 5.16. The van der Waals surface area contributed by atoms with Gasteiger partial charge in [0.05, 0.1) is 5.56 Å². The molecule has 0 heterocycles. The van der Waals surface area contributed by atoms with Crippen LogP contribution in [0.4, 0.5) is 0 Å². The zero-order chi connectivity index (χ0) is 12.3. The van der Waals surface area contributed by atoms with Gasteiger partial charge in [0.25, 0.3) is 0 Å². The molecular formula is C14H11O3. The van der Waals surface area contributed by atoms with Gasteiger partial charge in [-0.1, -0.05) is 18.2 Å². The van der Waals surface area contributed by atoms with Crippen LogP contribution in [0.5, 0.6) is 11.5 Å². The SMILES string of the molecule is Cc1c(OC(=O)c2ccccc2)[c]ccc1O. The van der Waals surface area contributed by atoms with E-state index in [-0.39, 0.29) is 11.5 Å². The number of carbonyl (C=O) groups excluding carboxylic acids is 1. The highest BCUT2D eigenvalue weighted by atomic mass is 16.5. The zero-order valence-electron chi connectivity index (χ0n) is 9.31. The fourth-order valence-electron chi connectivity index (χ4n) is 1.38. The third-order valence-electron chi connectivity index (χ3n) is 2.38. The third kappa shape index (κ3) is 2.45. The molecule has 0 bridgehead atoms. The summed E-state index contributed by atoms with van der Waals surface area (Å²) in [6, 6.07) is 14.5. The Kier molecular flexibility index (Phi) is 3.10. The lowest BCUT2D eigenvalue weighted by molar-refractivity contribution is 0.0733. The molecule has 0 amide bonds. The summed E-state index contributed by atoms with van der Waals surface area (Å²) in [5.74, 6) is -0.131. The summed E-state index contributed by atoms with van der Waals surface area (Å²) >= 11 is 0. The van der Waals surface area contributed by atoms with Crippen LogP contribution in [0.1, 0.15) is 15.9 Å². The van der Waals surface area contributed by atoms with Crippen LogP contribution < -0.4 is 4.74 Å². The molecule has 3 heteroatoms. The number of esters is 1. The molecule has 2 rings (SSSR count). The minimum atomic E-state index is -0.462. The molecular weight excluding hydrogens is 216 g/mol. The number of benzene rings is 2. The molecule has 3 nitrogen and oxygen atoms in total. The van der Waals surface area contributed by atoms with Crippen molar-refractivity contribution >= 4 is 5.97 Å². The molecule has 0 saturated carbocycles. The van der Waals surface area contributed by atoms with Gasteiger partial charge in [0.15, 0.2) is 0 Å². The molecule has 0 saturated heterocycles. The van der Waals surface area contributed by atoms with Crippen LogP contribution in [0.3, 0.4) is 0 Å². The molecule has 2 aromatic carbocycles. The van der Waals surface area contributed by atoms with Gasteiger partial charge < -0.3 is 9.84 Å². The van der Waals surface area contributed by atoms with E-state index in [1.165, 1.54) is 12.1 Å². The Balaban J connectivity index is 2.22. The first kappa shape index (κ1) is 11.2. The monoisotopic (exact) mass is 227 g/mol. The number of hydrogen-bond acceptors (Lipinski definition) is 3. The first-order chi connectivity index (χ1) is 8.18. The minimum Gasteiger partial charge on any atom is -0.508 e. The number of phenolic OH excluding ortho intramolecular Hbond substituents is 1. The van der Waals surface area contributed by atoms with E-state index >= 15 is 0 Å². The predicted octanol–water partition coefficient (Wildman–Crippen LogP) is 2.72. The van der Waals surface area contributed by atoms with Gasteiger partial charge in [0.2, 0.25) is 0 Å². The summed E-state index contributed by atoms with van der Waals surface area (Å²) in [7, 11) is 0. The number of hydrogen-bond donors (Lipinski definition) is 1. The van der Waals surface area contributed by atoms with Crippen LogP contribution in [0.2, 0.25) is 0 Å². The van der Waals surface area contributed by atoms with Gasteiger partial charge in [-0.05, 0) is 31.2 Å². The highest BCUT2D eigenvalue weighted by Gasteiger charge is 2.11. The van der Waals surface area contributed by atoms with Gasteiger partial charge in [-0.25, -0.2) is 4.79 Å². The lowest BCUT2D eigenvalue weighted by atomic mass is 10.2. The Hall–Kier alpha value is -2.29. The number of ether oxygens (including phenoxy) is 1. The smallest absolute Gasteiger partial charge is 0.343 e. The maximum absolute atomic E-state index is 11.8. The van der Waals surface area contributed by atoms with E-state index in [9.17, 15) is 9.90 Å². The third-order valence-corrected chi connectivity index (χ3v) is 2.38. The van der Waals surface area contributed by atoms with Crippen molar-refractivity contribution in [2.75, 3.05) is 0 Å². The van der Waals surface area contributed by atoms with Crippen molar-refractivity contribution in [3.63, 3.8) is 0 Å². The van der Waals surface area contributed by atoms with Gasteiger partial charge in [-0.3, -0.25) is 0 Å². The van der Waals surface area contributed by atoms with E-state index in [0.717, 1.165) is 0 Å². The largest absolute Gasteiger partial charge is 0.508 e. The van der Waals surface area contributed by atoms with Crippen LogP contribution >= 0.6 is 0 Å². The van der Waals surface area contributed by atoms with Crippen LogP contribution in [-0.2, 0) is 0 Å². The number of phenols is 1. The quantitative estimate of drug-likeness (QED) is 0.633. The van der Waals surface area contributed by atoms with E-state index in [2.05, 4.69) is 6.07 Å². The molecule has 0 aliphatic rings. The van der Waals surface area contributed by atoms with Crippen LogP contribution in [0.15, 0.2) is 42.5 Å². The lowest BCUT2D eigenvalue weighted by Crippen LogP contribution is -2.09. The number of rotatable bonds is 2. The van der Waals surface area contributed by atoms with E-state index < -0.39 is 5.97 Å². The van der Waals surface area contributed by atoms with Crippen molar-refractivity contribution in [1.29, 1.82) is 0 Å². The summed E-state index contributed by atoms with van der Waals surface area (Å²) in [6.45, 7) is 1.67. The summed E-state index contributed by atoms with van der Waals surface area (Å²) in [5, 5.41) is 9.47. The highest BCUT2D eigenvalue weighted by Crippen LogP contribution is 2.26. The topological polar surface area (TPSA) is 46.5 Å². The minimum absolute atomic E-state index is 0.0830. The second-order valence-corrected chi connectivity index (χ2v) is 3.57. The maximum atomic E-state index is 11.8. The van der Waals surface area contributed by atoms with Crippen molar-refractivity contribution < 1.29 is 14.6 Å². The van der Waals surface area contributed by atoms with Gasteiger partial charge in [-0.15, -0.1) is 0 Å². The average Bonchev–Trinajstić information content (AvgIpc) is 2.36. The summed E-state index contributed by atoms with van der Waals surface area (Å²) < 4.78 is 5.16. The van der Waals surface area contributed by atoms with Crippen molar-refractivity contribution in [2.24, 2.45) is 0 Å². The molecule has 0 unspecified atom stereocenters. The first-order valence-corrected chi connectivity index (χ1v) is 5.16. The van der Waals surface area contributed by atoms with E-state index in [4.69, 9.17) is 4.74 Å². The second-order valence-electron chi connectivity index (χ2n) is 3.57. The average molecular weight is 227 g/mol. The number of carbonyl (C=O) groups is 1. The Morgan fingerprint density at radius 3 is 2.65 bits per heavy atom. The van der Waals surface area contributed by atoms with Crippen LogP contribution in [-0.4, -0.2) is 11.1 Å². The second kappa shape index (κ2) is 4.70. The molecule has 0 aliphatic carbocycles. The van der Waals surface area contributed by atoms with Crippen molar-refractivity contribution in [3.05, 3.63) is 59.7 Å². The zero-order valence-corrected chi connectivity index (χ0v) is 9.31. The van der Waals surface area contributed by atoms with Gasteiger partial charge in [-0.2, -0.15) is 0 Å². The number of aromatic hydroxyl groups is 1. The summed E-state index contributed by atoms with van der Waals surface area (Å²) in [6.07, 6.45) is 0. The standard InChI is InChI=1S/C14H11O3/c1-10-12(15)8-5-9-13(10)17-14(16)11-6-3-2-4-7-11/h2-8,15H,1H3. The molecule has 85 valence electrons. The van der Waals surface area contributed by atoms with Crippen molar-refractivity contribution in [2.45, 2.75) is 6.92 Å². The van der Waals surface area contributed by atoms with Gasteiger partial charge >= 0.3 is 5.97 Å². The van der Waals surface area contributed by atoms with Crippen LogP contribution in [0, 0.1) is 13.0 Å². The van der Waals surface area contributed by atoms with E-state index in [1.54, 1.807) is 31.2 Å².